The van der Waals surface area contributed by atoms with Gasteiger partial charge in [-0.3, -0.25) is 0 Å². The fourth-order valence-electron chi connectivity index (χ4n) is 2.03. The normalized spacial score (nSPS) is 6.47. The van der Waals surface area contributed by atoms with Crippen LogP contribution in [-0.4, -0.2) is 33.7 Å². The number of phenols is 2. The van der Waals surface area contributed by atoms with E-state index >= 15 is 0 Å². The zero-order valence-corrected chi connectivity index (χ0v) is 51.2. The number of carbonyl (C=O) groups is 2. The molecule has 2 atom stereocenters. The van der Waals surface area contributed by atoms with Crippen molar-refractivity contribution in [3.05, 3.63) is 119 Å². The Balaban J connectivity index is -0.0000000231. The fraction of sp³-hybridized carbons (Fsp3) is 0.316. The first-order valence-electron chi connectivity index (χ1n) is 12.5. The van der Waals surface area contributed by atoms with E-state index in [-0.39, 0.29) is 221 Å². The van der Waals surface area contributed by atoms with E-state index in [0.29, 0.717) is 17.4 Å². The molecular weight excluding hydrogens is 1450 g/mol. The summed E-state index contributed by atoms with van der Waals surface area (Å²) in [7, 11) is 5.13. The summed E-state index contributed by atoms with van der Waals surface area (Å²) in [6.45, 7) is 12.0. The monoisotopic (exact) mass is 1520 g/mol. The minimum Gasteiger partial charge on any atom is 0 e. The molecule has 5 radical (unpaired) electrons. The first kappa shape index (κ1) is 108. The number of aryl methyl sites for hydroxylation is 2. The van der Waals surface area contributed by atoms with Gasteiger partial charge < -0.3 is 30.8 Å². The van der Waals surface area contributed by atoms with E-state index in [2.05, 4.69) is 109 Å². The zero-order valence-electron chi connectivity index (χ0n) is 28.3. The van der Waals surface area contributed by atoms with Gasteiger partial charge in [0.25, 0.3) is 0 Å². The number of phenolic OH excluding ortho intramolecular Hbond substituents is 2. The Kier molecular flexibility index (Phi) is 154. The maximum absolute atomic E-state index is 10.1. The van der Waals surface area contributed by atoms with Crippen LogP contribution in [0.25, 0.3) is 0 Å². The molecule has 4 aromatic rings. The average Bonchev–Trinajstić information content (AvgIpc) is 3.00. The summed E-state index contributed by atoms with van der Waals surface area (Å²) in [5.41, 5.74) is 3.45. The van der Waals surface area contributed by atoms with Gasteiger partial charge in [0.2, 0.25) is 0 Å². The molecule has 6 N–H and O–H groups in total. The molecule has 0 aliphatic rings. The second-order valence-corrected chi connectivity index (χ2v) is 43.8. The van der Waals surface area contributed by atoms with Crippen LogP contribution in [0.5, 0.6) is 11.5 Å². The molecule has 0 amide bonds. The predicted octanol–water partition coefficient (Wildman–Crippen LogP) is 11.5. The van der Waals surface area contributed by atoms with E-state index in [1.54, 1.807) is 30.3 Å². The third-order valence-corrected chi connectivity index (χ3v) is 4.62. The van der Waals surface area contributed by atoms with Crippen molar-refractivity contribution >= 4 is 102 Å². The van der Waals surface area contributed by atoms with Gasteiger partial charge in [0, 0.05) is 161 Å². The number of halogens is 3. The van der Waals surface area contributed by atoms with Crippen molar-refractivity contribution in [2.75, 3.05) is 0 Å². The van der Waals surface area contributed by atoms with E-state index in [4.69, 9.17) is 10.2 Å². The molecule has 6 nitrogen and oxygen atoms in total. The summed E-state index contributed by atoms with van der Waals surface area (Å²) < 4.78 is 0. The van der Waals surface area contributed by atoms with E-state index < -0.39 is 0 Å². The molecule has 55 heavy (non-hydrogen) atoms. The van der Waals surface area contributed by atoms with Gasteiger partial charge >= 0.3 is 64.9 Å². The molecule has 0 saturated heterocycles. The number of aldehydes is 2. The van der Waals surface area contributed by atoms with Crippen molar-refractivity contribution < 1.29 is 185 Å². The summed E-state index contributed by atoms with van der Waals surface area (Å²) in [5.74, 6) is 0.247. The zero-order chi connectivity index (χ0) is 32.9. The molecule has 4 aromatic carbocycles. The van der Waals surface area contributed by atoms with Gasteiger partial charge in [-0.05, 0) is 0 Å². The topological polar surface area (TPSA) is 138 Å². The van der Waals surface area contributed by atoms with Crippen molar-refractivity contribution in [1.29, 1.82) is 0 Å². The largest absolute Gasteiger partial charge is 0 e. The smallest absolute Gasteiger partial charge is 0 e. The first-order valence-corrected chi connectivity index (χ1v) is 27.2. The molecule has 4 rings (SSSR count). The number of hydrogen-bond donors (Lipinski definition) is 2. The molecule has 0 aliphatic carbocycles. The standard InChI is InChI=1S/C8H7O.C7H5O2.C7H8P.C6H6OP.2C2H6.6CH4.3HI.2H2O.2V.4Y/c1-7-2-4-8(6-9)5-3-7;8-5-6-1-3-7(9)4-2-6;1-6-2-4-7(8)5-3-6;7-5-1-3-6(8)4-2-5;2*1-2;;;;;;;;;;;;;;;;;/h2,4-6H,1H3;1-3,5,9H;2,4-5H,8H2,1H3;1,3-4,7H,8H2;2*1-2H3;6*1H4;3*1H;2*1H2;;;;;;/q4*-1;;;;;;;;;;;;;;;+3;;;;/p-3. The second kappa shape index (κ2) is 78.8. The maximum Gasteiger partial charge on any atom is 0 e. The Bertz CT molecular complexity index is 1070. The molecule has 17 heteroatoms. The minimum atomic E-state index is -0.278. The van der Waals surface area contributed by atoms with Crippen LogP contribution in [0, 0.1) is 38.1 Å². The Morgan fingerprint density at radius 3 is 0.945 bits per heavy atom. The SMILES string of the molecule is C.C.C.C.C.C.CC.CC.Cc1[c-]cc(C=O)cc1.Cc1[c-]cc(P)cc1.O.O.O=Cc1c[c-]c(O)cc1.Oc1[c-]cc(P)cc1.[I][V]([I])[I].[V].[Y].[Y].[Y].[Y]. The summed E-state index contributed by atoms with van der Waals surface area (Å²) in [5, 5.41) is 19.6. The van der Waals surface area contributed by atoms with Crippen LogP contribution in [0.4, 0.5) is 0 Å². The fourth-order valence-corrected chi connectivity index (χ4v) is 2.39. The Morgan fingerprint density at radius 1 is 0.527 bits per heavy atom. The van der Waals surface area contributed by atoms with Crippen LogP contribution >= 0.6 is 78.4 Å². The molecular formula is C38H66I3O6P2V2Y4-4. The van der Waals surface area contributed by atoms with Crippen molar-refractivity contribution in [2.45, 2.75) is 86.1 Å². The predicted molar refractivity (Wildman–Crippen MR) is 256 cm³/mol. The molecule has 0 heterocycles. The third kappa shape index (κ3) is 79.3. The van der Waals surface area contributed by atoms with Gasteiger partial charge in [-0.25, -0.2) is 0 Å². The van der Waals surface area contributed by atoms with Crippen LogP contribution in [0.3, 0.4) is 0 Å². The van der Waals surface area contributed by atoms with Gasteiger partial charge in [-0.1, -0.05) is 97.2 Å². The Labute approximate surface area is 494 Å². The van der Waals surface area contributed by atoms with Crippen LogP contribution in [-0.2, 0) is 154 Å². The average molecular weight is 1520 g/mol. The first-order chi connectivity index (χ1) is 20.0. The summed E-state index contributed by atoms with van der Waals surface area (Å²) in [6, 6.07) is 32.0. The van der Waals surface area contributed by atoms with E-state index in [1.807, 2.05) is 59.7 Å². The molecule has 0 saturated carbocycles. The van der Waals surface area contributed by atoms with Gasteiger partial charge in [-0.2, -0.15) is 102 Å². The Hall–Kier alpha value is 4.37. The van der Waals surface area contributed by atoms with Crippen molar-refractivity contribution in [3.63, 3.8) is 0 Å². The van der Waals surface area contributed by atoms with E-state index in [0.717, 1.165) is 17.2 Å². The molecule has 0 bridgehead atoms. The van der Waals surface area contributed by atoms with Crippen LogP contribution in [0.2, 0.25) is 0 Å². The molecule has 2 unspecified atom stereocenters. The third-order valence-electron chi connectivity index (χ3n) is 3.90. The van der Waals surface area contributed by atoms with Gasteiger partial charge in [0.15, 0.2) is 0 Å². The maximum atomic E-state index is 10.1. The van der Waals surface area contributed by atoms with Crippen LogP contribution in [0.1, 0.15) is 104 Å². The van der Waals surface area contributed by atoms with Crippen molar-refractivity contribution in [2.24, 2.45) is 0 Å². The van der Waals surface area contributed by atoms with Gasteiger partial charge in [0.1, 0.15) is 0 Å². The second-order valence-electron chi connectivity index (χ2n) is 7.05. The van der Waals surface area contributed by atoms with E-state index in [1.165, 1.54) is 29.1 Å². The number of rotatable bonds is 2. The van der Waals surface area contributed by atoms with Crippen molar-refractivity contribution in [1.82, 2.24) is 0 Å². The molecule has 311 valence electrons. The summed E-state index contributed by atoms with van der Waals surface area (Å²) in [6.07, 6.45) is 1.52. The van der Waals surface area contributed by atoms with Crippen LogP contribution < -0.4 is 10.6 Å². The Morgan fingerprint density at radius 2 is 0.764 bits per heavy atom. The number of benzene rings is 4. The number of aromatic hydroxyl groups is 2. The van der Waals surface area contributed by atoms with Gasteiger partial charge in [-0.15, -0.1) is 34.9 Å². The van der Waals surface area contributed by atoms with Crippen molar-refractivity contribution in [3.8, 4) is 11.5 Å². The molecule has 0 fully saturated rings. The van der Waals surface area contributed by atoms with E-state index in [9.17, 15) is 9.59 Å². The van der Waals surface area contributed by atoms with Gasteiger partial charge in [0.05, 0.1) is 12.6 Å². The number of carbonyl (C=O) groups excluding carboxylic acids is 2. The minimum absolute atomic E-state index is 0. The quantitative estimate of drug-likeness (QED) is 0.0893. The summed E-state index contributed by atoms with van der Waals surface area (Å²) >= 11 is 7.39. The molecule has 0 aromatic heterocycles. The molecule has 0 aliphatic heterocycles. The number of hydrogen-bond acceptors (Lipinski definition) is 4. The summed E-state index contributed by atoms with van der Waals surface area (Å²) in [4.78, 5) is 19.8. The molecule has 0 spiro atoms. The van der Waals surface area contributed by atoms with Crippen LogP contribution in [0.15, 0.2) is 72.8 Å².